The van der Waals surface area contributed by atoms with E-state index in [-0.39, 0.29) is 0 Å². The zero-order chi connectivity index (χ0) is 13.2. The highest BCUT2D eigenvalue weighted by molar-refractivity contribution is 5.44. The molecule has 1 atom stereocenters. The van der Waals surface area contributed by atoms with Gasteiger partial charge in [-0.3, -0.25) is 0 Å². The van der Waals surface area contributed by atoms with Crippen molar-refractivity contribution in [3.63, 3.8) is 0 Å². The zero-order valence-corrected chi connectivity index (χ0v) is 11.4. The molecule has 0 saturated carbocycles. The molecule has 3 rings (SSSR count). The maximum absolute atomic E-state index is 5.31. The summed E-state index contributed by atoms with van der Waals surface area (Å²) < 4.78 is 7.47. The number of imidazole rings is 1. The summed E-state index contributed by atoms with van der Waals surface area (Å²) in [5, 5.41) is 3.52. The third-order valence-corrected chi connectivity index (χ3v) is 3.74. The van der Waals surface area contributed by atoms with Crippen molar-refractivity contribution in [2.24, 2.45) is 0 Å². The lowest BCUT2D eigenvalue weighted by atomic mass is 10.1. The van der Waals surface area contributed by atoms with Gasteiger partial charge in [0.25, 0.3) is 0 Å². The highest BCUT2D eigenvalue weighted by Gasteiger charge is 2.20. The number of nitrogens with zero attached hydrogens (tertiary/aromatic N) is 2. The predicted octanol–water partition coefficient (Wildman–Crippen LogP) is 2.61. The van der Waals surface area contributed by atoms with E-state index in [9.17, 15) is 0 Å². The number of aromatic nitrogens is 2. The van der Waals surface area contributed by atoms with Crippen molar-refractivity contribution in [2.75, 3.05) is 13.7 Å². The molecule has 2 heterocycles. The molecule has 1 aromatic carbocycles. The summed E-state index contributed by atoms with van der Waals surface area (Å²) in [4.78, 5) is 4.31. The number of aryl methyl sites for hydroxylation is 1. The lowest BCUT2D eigenvalue weighted by Crippen LogP contribution is -2.16. The fourth-order valence-corrected chi connectivity index (χ4v) is 2.73. The highest BCUT2D eigenvalue weighted by atomic mass is 16.5. The summed E-state index contributed by atoms with van der Waals surface area (Å²) in [6.07, 6.45) is 6.26. The Morgan fingerprint density at radius 2 is 2.32 bits per heavy atom. The molecule has 1 aromatic heterocycles. The Morgan fingerprint density at radius 3 is 3.00 bits per heavy atom. The van der Waals surface area contributed by atoms with Gasteiger partial charge in [0.1, 0.15) is 5.75 Å². The summed E-state index contributed by atoms with van der Waals surface area (Å²) in [7, 11) is 1.70. The van der Waals surface area contributed by atoms with Crippen molar-refractivity contribution >= 4 is 0 Å². The van der Waals surface area contributed by atoms with Gasteiger partial charge in [0, 0.05) is 11.7 Å². The molecule has 0 spiro atoms. The Morgan fingerprint density at radius 1 is 1.42 bits per heavy atom. The van der Waals surface area contributed by atoms with E-state index in [0.717, 1.165) is 23.5 Å². The number of hydrogen-bond acceptors (Lipinski definition) is 3. The van der Waals surface area contributed by atoms with Crippen LogP contribution in [0.4, 0.5) is 0 Å². The van der Waals surface area contributed by atoms with Crippen molar-refractivity contribution in [2.45, 2.75) is 25.8 Å². The Bertz CT molecular complexity index is 571. The van der Waals surface area contributed by atoms with Crippen LogP contribution in [-0.2, 0) is 0 Å². The third-order valence-electron chi connectivity index (χ3n) is 3.74. The van der Waals surface area contributed by atoms with Crippen LogP contribution in [-0.4, -0.2) is 23.2 Å². The molecule has 0 radical (unpaired) electrons. The van der Waals surface area contributed by atoms with E-state index < -0.39 is 0 Å². The Hall–Kier alpha value is -1.81. The largest absolute Gasteiger partial charge is 0.496 e. The van der Waals surface area contributed by atoms with Crippen LogP contribution in [0.2, 0.25) is 0 Å². The van der Waals surface area contributed by atoms with E-state index >= 15 is 0 Å². The summed E-state index contributed by atoms with van der Waals surface area (Å²) in [5.41, 5.74) is 3.51. The molecule has 1 fully saturated rings. The van der Waals surface area contributed by atoms with Crippen LogP contribution in [0.15, 0.2) is 30.7 Å². The van der Waals surface area contributed by atoms with Crippen molar-refractivity contribution < 1.29 is 4.74 Å². The first-order chi connectivity index (χ1) is 9.29. The van der Waals surface area contributed by atoms with Gasteiger partial charge in [-0.15, -0.1) is 0 Å². The van der Waals surface area contributed by atoms with E-state index in [1.165, 1.54) is 18.5 Å². The number of benzene rings is 1. The Labute approximate surface area is 113 Å². The molecule has 2 aromatic rings. The summed E-state index contributed by atoms with van der Waals surface area (Å²) in [5.74, 6) is 0.921. The number of nitrogens with one attached hydrogen (secondary N) is 1. The zero-order valence-electron chi connectivity index (χ0n) is 11.4. The lowest BCUT2D eigenvalue weighted by molar-refractivity contribution is 0.411. The first kappa shape index (κ1) is 12.2. The maximum atomic E-state index is 5.31. The number of methoxy groups -OCH3 is 1. The average Bonchev–Trinajstić information content (AvgIpc) is 3.09. The van der Waals surface area contributed by atoms with Crippen molar-refractivity contribution in [3.05, 3.63) is 42.0 Å². The minimum atomic E-state index is 0.421. The molecule has 1 N–H and O–H groups in total. The Balaban J connectivity index is 1.98. The van der Waals surface area contributed by atoms with Crippen LogP contribution in [0.3, 0.4) is 0 Å². The molecule has 19 heavy (non-hydrogen) atoms. The maximum Gasteiger partial charge on any atom is 0.121 e. The molecule has 1 aliphatic heterocycles. The van der Waals surface area contributed by atoms with Crippen LogP contribution in [0.25, 0.3) is 5.69 Å². The normalized spacial score (nSPS) is 18.7. The van der Waals surface area contributed by atoms with Crippen molar-refractivity contribution in [1.82, 2.24) is 14.9 Å². The SMILES string of the molecule is COc1ccc(-n2cncc2[C@@H]2CCCN2)cc1C. The quantitative estimate of drug-likeness (QED) is 0.918. The van der Waals surface area contributed by atoms with Gasteiger partial charge in [-0.1, -0.05) is 0 Å². The van der Waals surface area contributed by atoms with Gasteiger partial charge < -0.3 is 14.6 Å². The van der Waals surface area contributed by atoms with Gasteiger partial charge in [-0.25, -0.2) is 4.98 Å². The van der Waals surface area contributed by atoms with Crippen molar-refractivity contribution in [3.8, 4) is 11.4 Å². The van der Waals surface area contributed by atoms with Gasteiger partial charge in [0.05, 0.1) is 25.3 Å². The monoisotopic (exact) mass is 257 g/mol. The molecule has 4 heteroatoms. The molecule has 0 amide bonds. The second-order valence-corrected chi connectivity index (χ2v) is 4.99. The van der Waals surface area contributed by atoms with Gasteiger partial charge in [-0.2, -0.15) is 0 Å². The standard InChI is InChI=1S/C15H19N3O/c1-11-8-12(5-6-15(11)19-2)18-10-16-9-14(18)13-4-3-7-17-13/h5-6,8-10,13,17H,3-4,7H2,1-2H3/t13-/m0/s1. The van der Waals surface area contributed by atoms with E-state index in [0.29, 0.717) is 6.04 Å². The molecule has 1 saturated heterocycles. The topological polar surface area (TPSA) is 39.1 Å². The predicted molar refractivity (Wildman–Crippen MR) is 74.8 cm³/mol. The fraction of sp³-hybridized carbons (Fsp3) is 0.400. The van der Waals surface area contributed by atoms with E-state index in [1.807, 2.05) is 18.6 Å². The number of rotatable bonds is 3. The second kappa shape index (κ2) is 5.05. The lowest BCUT2D eigenvalue weighted by Gasteiger charge is -2.15. The molecule has 1 aliphatic rings. The van der Waals surface area contributed by atoms with Gasteiger partial charge in [0.15, 0.2) is 0 Å². The molecule has 0 unspecified atom stereocenters. The molecule has 0 bridgehead atoms. The minimum absolute atomic E-state index is 0.421. The van der Waals surface area contributed by atoms with Gasteiger partial charge in [-0.05, 0) is 50.1 Å². The van der Waals surface area contributed by atoms with Gasteiger partial charge in [0.2, 0.25) is 0 Å². The summed E-state index contributed by atoms with van der Waals surface area (Å²) in [6, 6.07) is 6.64. The number of hydrogen-bond donors (Lipinski definition) is 1. The van der Waals surface area contributed by atoms with Crippen molar-refractivity contribution in [1.29, 1.82) is 0 Å². The van der Waals surface area contributed by atoms with E-state index in [4.69, 9.17) is 4.74 Å². The molecule has 4 nitrogen and oxygen atoms in total. The first-order valence-electron chi connectivity index (χ1n) is 6.70. The van der Waals surface area contributed by atoms with E-state index in [1.54, 1.807) is 7.11 Å². The molecule has 100 valence electrons. The van der Waals surface area contributed by atoms with Crippen LogP contribution < -0.4 is 10.1 Å². The van der Waals surface area contributed by atoms with E-state index in [2.05, 4.69) is 33.9 Å². The summed E-state index contributed by atoms with van der Waals surface area (Å²) in [6.45, 7) is 3.16. The molecular weight excluding hydrogens is 238 g/mol. The fourth-order valence-electron chi connectivity index (χ4n) is 2.73. The third kappa shape index (κ3) is 2.24. The average molecular weight is 257 g/mol. The highest BCUT2D eigenvalue weighted by Crippen LogP contribution is 2.27. The Kier molecular flexibility index (Phi) is 3.25. The second-order valence-electron chi connectivity index (χ2n) is 4.99. The van der Waals surface area contributed by atoms with Crippen LogP contribution in [0.5, 0.6) is 5.75 Å². The molecule has 0 aliphatic carbocycles. The van der Waals surface area contributed by atoms with Crippen LogP contribution >= 0.6 is 0 Å². The minimum Gasteiger partial charge on any atom is -0.496 e. The molecular formula is C15H19N3O. The summed E-state index contributed by atoms with van der Waals surface area (Å²) >= 11 is 0. The first-order valence-corrected chi connectivity index (χ1v) is 6.70. The van der Waals surface area contributed by atoms with Gasteiger partial charge >= 0.3 is 0 Å². The van der Waals surface area contributed by atoms with Crippen LogP contribution in [0.1, 0.15) is 30.1 Å². The van der Waals surface area contributed by atoms with Crippen LogP contribution in [0, 0.1) is 6.92 Å². The number of ether oxygens (including phenoxy) is 1. The smallest absolute Gasteiger partial charge is 0.121 e.